The fourth-order valence-electron chi connectivity index (χ4n) is 3.97. The number of anilines is 1. The highest BCUT2D eigenvalue weighted by molar-refractivity contribution is 5.85. The van der Waals surface area contributed by atoms with Crippen LogP contribution in [-0.4, -0.2) is 47.9 Å². The molecule has 0 aliphatic carbocycles. The quantitative estimate of drug-likeness (QED) is 0.560. The zero-order valence-corrected chi connectivity index (χ0v) is 20.2. The lowest BCUT2D eigenvalue weighted by molar-refractivity contribution is 0.312. The maximum absolute atomic E-state index is 13.9. The van der Waals surface area contributed by atoms with Crippen LogP contribution in [0.25, 0.3) is 11.3 Å². The molecule has 0 radical (unpaired) electrons. The summed E-state index contributed by atoms with van der Waals surface area (Å²) in [6.45, 7) is 7.50. The topological polar surface area (TPSA) is 41.4 Å². The van der Waals surface area contributed by atoms with Crippen molar-refractivity contribution in [1.29, 1.82) is 0 Å². The Balaban J connectivity index is 0.00000181. The molecule has 1 aromatic heterocycles. The van der Waals surface area contributed by atoms with Crippen LogP contribution in [0.2, 0.25) is 0 Å². The molecular weight excluding hydrogens is 450 g/mol. The molecular formula is C24H29Cl2FN4O. The van der Waals surface area contributed by atoms with E-state index in [0.29, 0.717) is 17.8 Å². The molecule has 0 N–H and O–H groups in total. The molecule has 1 saturated heterocycles. The zero-order chi connectivity index (χ0) is 21.3. The van der Waals surface area contributed by atoms with Gasteiger partial charge in [0.2, 0.25) is 0 Å². The van der Waals surface area contributed by atoms with Crippen LogP contribution in [0.4, 0.5) is 10.1 Å². The van der Waals surface area contributed by atoms with Crippen molar-refractivity contribution >= 4 is 30.5 Å². The molecule has 2 aromatic carbocycles. The van der Waals surface area contributed by atoms with E-state index in [2.05, 4.69) is 16.8 Å². The summed E-state index contributed by atoms with van der Waals surface area (Å²) >= 11 is 0. The monoisotopic (exact) mass is 478 g/mol. The molecule has 172 valence electrons. The molecule has 32 heavy (non-hydrogen) atoms. The molecule has 4 rings (SSSR count). The highest BCUT2D eigenvalue weighted by Crippen LogP contribution is 2.28. The van der Waals surface area contributed by atoms with Crippen molar-refractivity contribution in [2.24, 2.45) is 0 Å². The van der Waals surface area contributed by atoms with Crippen LogP contribution in [0, 0.1) is 19.7 Å². The minimum atomic E-state index is -0.242. The summed E-state index contributed by atoms with van der Waals surface area (Å²) in [5, 5.41) is 4.72. The van der Waals surface area contributed by atoms with Crippen LogP contribution in [0.15, 0.2) is 53.3 Å². The molecule has 1 aliphatic rings. The van der Waals surface area contributed by atoms with Gasteiger partial charge in [-0.15, -0.1) is 24.8 Å². The predicted octanol–water partition coefficient (Wildman–Crippen LogP) is 4.31. The number of likely N-dealkylation sites (N-methyl/N-ethyl adjacent to an activating group) is 1. The largest absolute Gasteiger partial charge is 0.364 e. The standard InChI is InChI=1S/C24H27FN4O.2ClH/c1-17-15-20(9-10-21(17)25)22-18(2)23(28-13-11-27(3)12-14-28)24(30)29(26-22)16-19-7-5-4-6-8-19;;/h4-10,15H,11-14,16H2,1-3H3;2*1H. The zero-order valence-electron chi connectivity index (χ0n) is 18.5. The van der Waals surface area contributed by atoms with Gasteiger partial charge in [-0.1, -0.05) is 30.3 Å². The summed E-state index contributed by atoms with van der Waals surface area (Å²) < 4.78 is 15.4. The highest BCUT2D eigenvalue weighted by atomic mass is 35.5. The van der Waals surface area contributed by atoms with Crippen LogP contribution in [0.5, 0.6) is 0 Å². The van der Waals surface area contributed by atoms with E-state index < -0.39 is 0 Å². The van der Waals surface area contributed by atoms with Crippen LogP contribution in [0.1, 0.15) is 16.7 Å². The van der Waals surface area contributed by atoms with E-state index in [0.717, 1.165) is 48.6 Å². The van der Waals surface area contributed by atoms with Crippen molar-refractivity contribution in [3.63, 3.8) is 0 Å². The summed E-state index contributed by atoms with van der Waals surface area (Å²) in [5.41, 5.74) is 4.60. The molecule has 0 bridgehead atoms. The number of rotatable bonds is 4. The molecule has 0 atom stereocenters. The summed E-state index contributed by atoms with van der Waals surface area (Å²) in [5.74, 6) is -0.242. The average molecular weight is 479 g/mol. The fraction of sp³-hybridized carbons (Fsp3) is 0.333. The van der Waals surface area contributed by atoms with Crippen LogP contribution in [0.3, 0.4) is 0 Å². The summed E-state index contributed by atoms with van der Waals surface area (Å²) in [6.07, 6.45) is 0. The Kier molecular flexibility index (Phi) is 8.84. The van der Waals surface area contributed by atoms with Crippen LogP contribution >= 0.6 is 24.8 Å². The Morgan fingerprint density at radius 1 is 0.969 bits per heavy atom. The smallest absolute Gasteiger partial charge is 0.290 e. The number of aromatic nitrogens is 2. The van der Waals surface area contributed by atoms with Gasteiger partial charge in [-0.05, 0) is 50.2 Å². The second-order valence-electron chi connectivity index (χ2n) is 8.02. The maximum Gasteiger partial charge on any atom is 0.290 e. The Hall–Kier alpha value is -2.41. The Morgan fingerprint density at radius 2 is 1.62 bits per heavy atom. The lowest BCUT2D eigenvalue weighted by Crippen LogP contribution is -2.47. The first kappa shape index (κ1) is 25.8. The molecule has 8 heteroatoms. The van der Waals surface area contributed by atoms with Crippen molar-refractivity contribution in [2.75, 3.05) is 38.1 Å². The van der Waals surface area contributed by atoms with Gasteiger partial charge in [0, 0.05) is 37.3 Å². The van der Waals surface area contributed by atoms with Gasteiger partial charge in [0.25, 0.3) is 5.56 Å². The number of nitrogens with zero attached hydrogens (tertiary/aromatic N) is 4. The van der Waals surface area contributed by atoms with Gasteiger partial charge in [0.15, 0.2) is 0 Å². The molecule has 1 fully saturated rings. The molecule has 3 aromatic rings. The maximum atomic E-state index is 13.9. The Bertz CT molecular complexity index is 1110. The van der Waals surface area contributed by atoms with Gasteiger partial charge in [-0.25, -0.2) is 9.07 Å². The first-order valence-corrected chi connectivity index (χ1v) is 10.3. The van der Waals surface area contributed by atoms with E-state index in [9.17, 15) is 9.18 Å². The van der Waals surface area contributed by atoms with Gasteiger partial charge >= 0.3 is 0 Å². The number of hydrogen-bond donors (Lipinski definition) is 0. The molecule has 0 amide bonds. The second-order valence-corrected chi connectivity index (χ2v) is 8.02. The van der Waals surface area contributed by atoms with Crippen LogP contribution in [-0.2, 0) is 6.54 Å². The van der Waals surface area contributed by atoms with Crippen molar-refractivity contribution in [3.8, 4) is 11.3 Å². The van der Waals surface area contributed by atoms with Gasteiger partial charge in [0.05, 0.1) is 12.2 Å². The third-order valence-corrected chi connectivity index (χ3v) is 5.79. The van der Waals surface area contributed by atoms with Crippen molar-refractivity contribution in [1.82, 2.24) is 14.7 Å². The van der Waals surface area contributed by atoms with E-state index in [1.165, 1.54) is 6.07 Å². The van der Waals surface area contributed by atoms with Gasteiger partial charge in [-0.2, -0.15) is 5.10 Å². The van der Waals surface area contributed by atoms with Crippen molar-refractivity contribution < 1.29 is 4.39 Å². The Morgan fingerprint density at radius 3 is 2.25 bits per heavy atom. The summed E-state index contributed by atoms with van der Waals surface area (Å²) in [7, 11) is 2.09. The number of piperazine rings is 1. The van der Waals surface area contributed by atoms with E-state index in [-0.39, 0.29) is 36.2 Å². The van der Waals surface area contributed by atoms with E-state index >= 15 is 0 Å². The Labute approximate surface area is 200 Å². The molecule has 0 saturated carbocycles. The SMILES string of the molecule is Cc1cc(-c2nn(Cc3ccccc3)c(=O)c(N3CCN(C)CC3)c2C)ccc1F.Cl.Cl. The minimum absolute atomic E-state index is 0. The number of aryl methyl sites for hydroxylation is 1. The van der Waals surface area contributed by atoms with Crippen molar-refractivity contribution in [3.05, 3.63) is 81.4 Å². The van der Waals surface area contributed by atoms with Gasteiger partial charge in [0.1, 0.15) is 11.5 Å². The lowest BCUT2D eigenvalue weighted by Gasteiger charge is -2.34. The van der Waals surface area contributed by atoms with Gasteiger partial charge < -0.3 is 9.80 Å². The number of halogens is 3. The number of hydrogen-bond acceptors (Lipinski definition) is 4. The first-order chi connectivity index (χ1) is 14.4. The molecule has 5 nitrogen and oxygen atoms in total. The van der Waals surface area contributed by atoms with Crippen LogP contribution < -0.4 is 10.5 Å². The molecule has 0 unspecified atom stereocenters. The predicted molar refractivity (Wildman–Crippen MR) is 133 cm³/mol. The first-order valence-electron chi connectivity index (χ1n) is 10.3. The molecule has 0 spiro atoms. The summed E-state index contributed by atoms with van der Waals surface area (Å²) in [6, 6.07) is 14.9. The van der Waals surface area contributed by atoms with E-state index in [1.54, 1.807) is 23.7 Å². The highest BCUT2D eigenvalue weighted by Gasteiger charge is 2.23. The minimum Gasteiger partial charge on any atom is -0.364 e. The van der Waals surface area contributed by atoms with Gasteiger partial charge in [-0.3, -0.25) is 4.79 Å². The normalized spacial score (nSPS) is 13.9. The third kappa shape index (κ3) is 5.31. The molecule has 2 heterocycles. The summed E-state index contributed by atoms with van der Waals surface area (Å²) in [4.78, 5) is 17.9. The third-order valence-electron chi connectivity index (χ3n) is 5.79. The van der Waals surface area contributed by atoms with E-state index in [4.69, 9.17) is 5.10 Å². The van der Waals surface area contributed by atoms with Crippen molar-refractivity contribution in [2.45, 2.75) is 20.4 Å². The lowest BCUT2D eigenvalue weighted by atomic mass is 10.0. The average Bonchev–Trinajstić information content (AvgIpc) is 2.74. The van der Waals surface area contributed by atoms with E-state index in [1.807, 2.05) is 37.3 Å². The number of benzene rings is 2. The second kappa shape index (κ2) is 10.9. The fourth-order valence-corrected chi connectivity index (χ4v) is 3.97. The molecule has 1 aliphatic heterocycles.